The molecule has 0 spiro atoms. The van der Waals surface area contributed by atoms with Crippen molar-refractivity contribution in [2.45, 2.75) is 65.1 Å². The Morgan fingerprint density at radius 2 is 1.69 bits per heavy atom. The predicted molar refractivity (Wildman–Crippen MR) is 60.1 cm³/mol. The molecule has 0 saturated heterocycles. The largest absolute Gasteiger partial charge is 0.315 e. The fourth-order valence-corrected chi connectivity index (χ4v) is 1.80. The number of rotatable bonds is 7. The van der Waals surface area contributed by atoms with Crippen molar-refractivity contribution < 1.29 is 0 Å². The standard InChI is InChI=1S/C11H26N2/c1-6-8-11(12-5)10(7-2)13-9(3)4/h9-13H,6-8H2,1-5H3. The maximum absolute atomic E-state index is 3.60. The summed E-state index contributed by atoms with van der Waals surface area (Å²) >= 11 is 0. The molecule has 0 aromatic carbocycles. The maximum Gasteiger partial charge on any atom is 0.0220 e. The molecule has 0 aromatic heterocycles. The fraction of sp³-hybridized carbons (Fsp3) is 1.00. The lowest BCUT2D eigenvalue weighted by molar-refractivity contribution is 0.337. The van der Waals surface area contributed by atoms with Gasteiger partial charge in [0.2, 0.25) is 0 Å². The van der Waals surface area contributed by atoms with E-state index >= 15 is 0 Å². The Morgan fingerprint density at radius 1 is 1.08 bits per heavy atom. The van der Waals surface area contributed by atoms with Gasteiger partial charge in [0.25, 0.3) is 0 Å². The summed E-state index contributed by atoms with van der Waals surface area (Å²) in [5.41, 5.74) is 0. The molecule has 0 fully saturated rings. The van der Waals surface area contributed by atoms with Gasteiger partial charge < -0.3 is 10.6 Å². The lowest BCUT2D eigenvalue weighted by Crippen LogP contribution is -2.48. The Bertz CT molecular complexity index is 113. The van der Waals surface area contributed by atoms with Gasteiger partial charge in [-0.2, -0.15) is 0 Å². The van der Waals surface area contributed by atoms with Crippen LogP contribution in [0.2, 0.25) is 0 Å². The second-order valence-corrected chi connectivity index (χ2v) is 4.02. The molecule has 0 aliphatic rings. The molecular weight excluding hydrogens is 160 g/mol. The zero-order valence-corrected chi connectivity index (χ0v) is 9.85. The smallest absolute Gasteiger partial charge is 0.0220 e. The van der Waals surface area contributed by atoms with Crippen LogP contribution in [0.4, 0.5) is 0 Å². The van der Waals surface area contributed by atoms with Crippen molar-refractivity contribution in [1.82, 2.24) is 10.6 Å². The van der Waals surface area contributed by atoms with E-state index in [1.54, 1.807) is 0 Å². The van der Waals surface area contributed by atoms with E-state index < -0.39 is 0 Å². The van der Waals surface area contributed by atoms with Crippen LogP contribution in [0, 0.1) is 0 Å². The van der Waals surface area contributed by atoms with Gasteiger partial charge in [-0.1, -0.05) is 34.1 Å². The normalized spacial score (nSPS) is 16.2. The third-order valence-electron chi connectivity index (χ3n) is 2.44. The Hall–Kier alpha value is -0.0800. The van der Waals surface area contributed by atoms with Gasteiger partial charge in [0.1, 0.15) is 0 Å². The minimum absolute atomic E-state index is 0.581. The summed E-state index contributed by atoms with van der Waals surface area (Å²) in [6.45, 7) is 8.91. The van der Waals surface area contributed by atoms with Crippen LogP contribution in [0.15, 0.2) is 0 Å². The van der Waals surface area contributed by atoms with Crippen molar-refractivity contribution in [3.8, 4) is 0 Å². The highest BCUT2D eigenvalue weighted by Crippen LogP contribution is 2.06. The molecule has 0 saturated carbocycles. The van der Waals surface area contributed by atoms with E-state index in [9.17, 15) is 0 Å². The molecule has 0 aromatic rings. The topological polar surface area (TPSA) is 24.1 Å². The van der Waals surface area contributed by atoms with E-state index in [0.29, 0.717) is 18.1 Å². The van der Waals surface area contributed by atoms with Gasteiger partial charge in [0.05, 0.1) is 0 Å². The predicted octanol–water partition coefficient (Wildman–Crippen LogP) is 2.15. The van der Waals surface area contributed by atoms with E-state index in [1.165, 1.54) is 19.3 Å². The van der Waals surface area contributed by atoms with E-state index in [1.807, 2.05) is 0 Å². The maximum atomic E-state index is 3.60. The first-order valence-corrected chi connectivity index (χ1v) is 5.58. The molecule has 0 aliphatic carbocycles. The monoisotopic (exact) mass is 186 g/mol. The molecule has 0 amide bonds. The van der Waals surface area contributed by atoms with Gasteiger partial charge in [-0.25, -0.2) is 0 Å². The first kappa shape index (κ1) is 12.9. The van der Waals surface area contributed by atoms with Crippen LogP contribution in [0.3, 0.4) is 0 Å². The quantitative estimate of drug-likeness (QED) is 0.636. The molecule has 80 valence electrons. The zero-order chi connectivity index (χ0) is 10.3. The van der Waals surface area contributed by atoms with Gasteiger partial charge >= 0.3 is 0 Å². The minimum Gasteiger partial charge on any atom is -0.315 e. The summed E-state index contributed by atoms with van der Waals surface area (Å²) in [5.74, 6) is 0. The van der Waals surface area contributed by atoms with Crippen LogP contribution in [0.25, 0.3) is 0 Å². The number of hydrogen-bond acceptors (Lipinski definition) is 2. The molecule has 2 unspecified atom stereocenters. The molecule has 2 nitrogen and oxygen atoms in total. The SMILES string of the molecule is CCCC(NC)C(CC)NC(C)C. The number of likely N-dealkylation sites (N-methyl/N-ethyl adjacent to an activating group) is 1. The molecule has 2 heteroatoms. The lowest BCUT2D eigenvalue weighted by Gasteiger charge is -2.28. The van der Waals surface area contributed by atoms with Gasteiger partial charge in [0.15, 0.2) is 0 Å². The van der Waals surface area contributed by atoms with Crippen molar-refractivity contribution in [2.24, 2.45) is 0 Å². The van der Waals surface area contributed by atoms with Crippen molar-refractivity contribution >= 4 is 0 Å². The summed E-state index contributed by atoms with van der Waals surface area (Å²) in [4.78, 5) is 0. The van der Waals surface area contributed by atoms with Gasteiger partial charge in [-0.05, 0) is 19.9 Å². The van der Waals surface area contributed by atoms with E-state index in [0.717, 1.165) is 0 Å². The summed E-state index contributed by atoms with van der Waals surface area (Å²) in [5, 5.41) is 7.00. The first-order valence-electron chi connectivity index (χ1n) is 5.58. The number of nitrogens with one attached hydrogen (secondary N) is 2. The molecule has 0 radical (unpaired) electrons. The zero-order valence-electron chi connectivity index (χ0n) is 9.85. The lowest BCUT2D eigenvalue weighted by atomic mass is 10.0. The van der Waals surface area contributed by atoms with Gasteiger partial charge in [0, 0.05) is 18.1 Å². The van der Waals surface area contributed by atoms with Gasteiger partial charge in [-0.3, -0.25) is 0 Å². The fourth-order valence-electron chi connectivity index (χ4n) is 1.80. The highest BCUT2D eigenvalue weighted by molar-refractivity contribution is 4.80. The summed E-state index contributed by atoms with van der Waals surface area (Å²) in [6.07, 6.45) is 3.71. The van der Waals surface area contributed by atoms with Crippen molar-refractivity contribution in [3.05, 3.63) is 0 Å². The molecule has 0 rings (SSSR count). The third kappa shape index (κ3) is 5.27. The molecule has 2 atom stereocenters. The molecule has 0 aliphatic heterocycles. The average molecular weight is 186 g/mol. The Kier molecular flexibility index (Phi) is 7.29. The Morgan fingerprint density at radius 3 is 2.00 bits per heavy atom. The van der Waals surface area contributed by atoms with Crippen LogP contribution in [-0.4, -0.2) is 25.2 Å². The second kappa shape index (κ2) is 7.34. The van der Waals surface area contributed by atoms with E-state index in [-0.39, 0.29) is 0 Å². The molecular formula is C11H26N2. The molecule has 0 heterocycles. The highest BCUT2D eigenvalue weighted by Gasteiger charge is 2.17. The van der Waals surface area contributed by atoms with Crippen LogP contribution < -0.4 is 10.6 Å². The molecule has 0 bridgehead atoms. The number of hydrogen-bond donors (Lipinski definition) is 2. The summed E-state index contributed by atoms with van der Waals surface area (Å²) in [6, 6.07) is 1.82. The van der Waals surface area contributed by atoms with Crippen LogP contribution in [0.1, 0.15) is 47.0 Å². The van der Waals surface area contributed by atoms with Crippen molar-refractivity contribution in [3.63, 3.8) is 0 Å². The highest BCUT2D eigenvalue weighted by atomic mass is 15.0. The third-order valence-corrected chi connectivity index (χ3v) is 2.44. The van der Waals surface area contributed by atoms with Crippen molar-refractivity contribution in [2.75, 3.05) is 7.05 Å². The summed E-state index contributed by atoms with van der Waals surface area (Å²) < 4.78 is 0. The second-order valence-electron chi connectivity index (χ2n) is 4.02. The van der Waals surface area contributed by atoms with Crippen molar-refractivity contribution in [1.29, 1.82) is 0 Å². The average Bonchev–Trinajstić information content (AvgIpc) is 2.10. The van der Waals surface area contributed by atoms with Gasteiger partial charge in [-0.15, -0.1) is 0 Å². The Labute approximate surface area is 83.5 Å². The molecule has 2 N–H and O–H groups in total. The van der Waals surface area contributed by atoms with E-state index in [4.69, 9.17) is 0 Å². The van der Waals surface area contributed by atoms with Crippen LogP contribution >= 0.6 is 0 Å². The van der Waals surface area contributed by atoms with Crippen LogP contribution in [0.5, 0.6) is 0 Å². The van der Waals surface area contributed by atoms with E-state index in [2.05, 4.69) is 45.4 Å². The summed E-state index contributed by atoms with van der Waals surface area (Å²) in [7, 11) is 2.06. The molecule has 13 heavy (non-hydrogen) atoms. The van der Waals surface area contributed by atoms with Crippen LogP contribution in [-0.2, 0) is 0 Å². The first-order chi connectivity index (χ1) is 6.15. The Balaban J connectivity index is 4.00. The minimum atomic E-state index is 0.581.